The molecule has 2 aliphatic rings. The van der Waals surface area contributed by atoms with Gasteiger partial charge < -0.3 is 10.2 Å². The molecule has 2 unspecified atom stereocenters. The molecule has 1 aromatic rings. The highest BCUT2D eigenvalue weighted by molar-refractivity contribution is 5.90. The Kier molecular flexibility index (Phi) is 3.68. The number of fused-ring (bicyclic) bond motifs is 1. The number of piperidine rings is 1. The molecule has 0 saturated carbocycles. The Morgan fingerprint density at radius 2 is 1.80 bits per heavy atom. The maximum Gasteiger partial charge on any atom is 0.322 e. The maximum absolute atomic E-state index is 12.5. The molecular formula is C17H24N2O. The van der Waals surface area contributed by atoms with Gasteiger partial charge in [-0.3, -0.25) is 0 Å². The highest BCUT2D eigenvalue weighted by atomic mass is 16.2. The molecule has 1 aliphatic heterocycles. The molecule has 2 atom stereocenters. The number of carbonyl (C=O) groups excluding carboxylic acids is 1. The fourth-order valence-corrected chi connectivity index (χ4v) is 3.66. The lowest BCUT2D eigenvalue weighted by Gasteiger charge is -2.38. The van der Waals surface area contributed by atoms with Crippen LogP contribution in [0.25, 0.3) is 0 Å². The van der Waals surface area contributed by atoms with Crippen molar-refractivity contribution in [2.24, 2.45) is 0 Å². The molecule has 1 saturated heterocycles. The fourth-order valence-electron chi connectivity index (χ4n) is 3.66. The number of anilines is 1. The van der Waals surface area contributed by atoms with Crippen LogP contribution >= 0.6 is 0 Å². The van der Waals surface area contributed by atoms with Crippen molar-refractivity contribution in [2.45, 2.75) is 64.5 Å². The van der Waals surface area contributed by atoms with Crippen molar-refractivity contribution in [1.29, 1.82) is 0 Å². The Labute approximate surface area is 121 Å². The first-order chi connectivity index (χ1) is 9.65. The molecule has 3 heteroatoms. The molecule has 0 radical (unpaired) electrons. The number of rotatable bonds is 1. The number of likely N-dealkylation sites (tertiary alicyclic amines) is 1. The smallest absolute Gasteiger partial charge is 0.319 e. The van der Waals surface area contributed by atoms with Crippen molar-refractivity contribution in [3.63, 3.8) is 0 Å². The van der Waals surface area contributed by atoms with E-state index in [0.29, 0.717) is 12.1 Å². The summed E-state index contributed by atoms with van der Waals surface area (Å²) in [7, 11) is 0. The summed E-state index contributed by atoms with van der Waals surface area (Å²) in [5.74, 6) is 0. The van der Waals surface area contributed by atoms with Crippen LogP contribution in [0.1, 0.15) is 50.7 Å². The second kappa shape index (κ2) is 5.47. The molecule has 1 aromatic carbocycles. The van der Waals surface area contributed by atoms with Gasteiger partial charge in [-0.25, -0.2) is 4.79 Å². The van der Waals surface area contributed by atoms with Crippen LogP contribution in [0.15, 0.2) is 18.2 Å². The Balaban J connectivity index is 1.72. The maximum atomic E-state index is 12.5. The van der Waals surface area contributed by atoms with Crippen molar-refractivity contribution in [3.05, 3.63) is 29.3 Å². The lowest BCUT2D eigenvalue weighted by molar-refractivity contribution is 0.133. The summed E-state index contributed by atoms with van der Waals surface area (Å²) in [6, 6.07) is 7.10. The van der Waals surface area contributed by atoms with Crippen LogP contribution in [0.2, 0.25) is 0 Å². The van der Waals surface area contributed by atoms with E-state index < -0.39 is 0 Å². The summed E-state index contributed by atoms with van der Waals surface area (Å²) < 4.78 is 0. The number of hydrogen-bond donors (Lipinski definition) is 1. The van der Waals surface area contributed by atoms with Gasteiger partial charge in [0.05, 0.1) is 0 Å². The standard InChI is InChI=1S/C17H24N2O/c1-12-5-3-6-13(2)19(12)17(20)18-16-10-9-14-7-4-8-15(14)11-16/h9-13H,3-8H2,1-2H3,(H,18,20). The van der Waals surface area contributed by atoms with Crippen molar-refractivity contribution in [1.82, 2.24) is 4.90 Å². The summed E-state index contributed by atoms with van der Waals surface area (Å²) >= 11 is 0. The van der Waals surface area contributed by atoms with E-state index in [9.17, 15) is 4.79 Å². The van der Waals surface area contributed by atoms with Crippen LogP contribution in [-0.2, 0) is 12.8 Å². The molecule has 1 aliphatic carbocycles. The summed E-state index contributed by atoms with van der Waals surface area (Å²) in [5.41, 5.74) is 3.80. The number of nitrogens with one attached hydrogen (secondary N) is 1. The van der Waals surface area contributed by atoms with E-state index in [2.05, 4.69) is 31.3 Å². The first kappa shape index (κ1) is 13.5. The molecule has 0 spiro atoms. The van der Waals surface area contributed by atoms with E-state index >= 15 is 0 Å². The zero-order valence-electron chi connectivity index (χ0n) is 12.5. The first-order valence-electron chi connectivity index (χ1n) is 7.86. The van der Waals surface area contributed by atoms with Gasteiger partial charge in [0.2, 0.25) is 0 Å². The minimum atomic E-state index is 0.0580. The van der Waals surface area contributed by atoms with Crippen molar-refractivity contribution in [3.8, 4) is 0 Å². The number of aryl methyl sites for hydroxylation is 2. The Bertz CT molecular complexity index is 502. The van der Waals surface area contributed by atoms with Gasteiger partial charge in [0, 0.05) is 17.8 Å². The van der Waals surface area contributed by atoms with Crippen LogP contribution in [0.4, 0.5) is 10.5 Å². The number of benzene rings is 1. The number of amides is 2. The number of hydrogen-bond acceptors (Lipinski definition) is 1. The summed E-state index contributed by atoms with van der Waals surface area (Å²) in [6.07, 6.45) is 7.03. The Morgan fingerprint density at radius 1 is 1.10 bits per heavy atom. The largest absolute Gasteiger partial charge is 0.322 e. The second-order valence-corrected chi connectivity index (χ2v) is 6.30. The third-order valence-corrected chi connectivity index (χ3v) is 4.78. The molecule has 2 amide bonds. The fraction of sp³-hybridized carbons (Fsp3) is 0.588. The predicted molar refractivity (Wildman–Crippen MR) is 82.1 cm³/mol. The molecule has 0 aromatic heterocycles. The summed E-state index contributed by atoms with van der Waals surface area (Å²) in [5, 5.41) is 3.09. The quantitative estimate of drug-likeness (QED) is 0.824. The third kappa shape index (κ3) is 2.54. The highest BCUT2D eigenvalue weighted by Gasteiger charge is 2.29. The molecule has 0 bridgehead atoms. The summed E-state index contributed by atoms with van der Waals surface area (Å²) in [6.45, 7) is 4.30. The zero-order valence-corrected chi connectivity index (χ0v) is 12.5. The van der Waals surface area contributed by atoms with Crippen molar-refractivity contribution >= 4 is 11.7 Å². The lowest BCUT2D eigenvalue weighted by atomic mass is 9.98. The van der Waals surface area contributed by atoms with Gasteiger partial charge in [0.25, 0.3) is 0 Å². The third-order valence-electron chi connectivity index (χ3n) is 4.78. The van der Waals surface area contributed by atoms with Crippen LogP contribution in [0, 0.1) is 0 Å². The SMILES string of the molecule is CC1CCCC(C)N1C(=O)Nc1ccc2c(c1)CCC2. The van der Waals surface area contributed by atoms with Gasteiger partial charge >= 0.3 is 6.03 Å². The van der Waals surface area contributed by atoms with Crippen LogP contribution in [0.3, 0.4) is 0 Å². The molecule has 108 valence electrons. The average Bonchev–Trinajstić information content (AvgIpc) is 2.85. The van der Waals surface area contributed by atoms with Crippen molar-refractivity contribution < 1.29 is 4.79 Å². The predicted octanol–water partition coefficient (Wildman–Crippen LogP) is 3.97. The monoisotopic (exact) mass is 272 g/mol. The van der Waals surface area contributed by atoms with Gasteiger partial charge in [-0.1, -0.05) is 6.07 Å². The van der Waals surface area contributed by atoms with Crippen LogP contribution < -0.4 is 5.32 Å². The molecule has 20 heavy (non-hydrogen) atoms. The van der Waals surface area contributed by atoms with Gasteiger partial charge in [-0.05, 0) is 75.6 Å². The highest BCUT2D eigenvalue weighted by Crippen LogP contribution is 2.27. The normalized spacial score (nSPS) is 25.4. The Morgan fingerprint density at radius 3 is 2.55 bits per heavy atom. The van der Waals surface area contributed by atoms with E-state index in [4.69, 9.17) is 0 Å². The van der Waals surface area contributed by atoms with E-state index in [1.54, 1.807) is 0 Å². The van der Waals surface area contributed by atoms with E-state index in [0.717, 1.165) is 24.9 Å². The molecule has 3 nitrogen and oxygen atoms in total. The van der Waals surface area contributed by atoms with Gasteiger partial charge in [0.1, 0.15) is 0 Å². The average molecular weight is 272 g/mol. The molecular weight excluding hydrogens is 248 g/mol. The van der Waals surface area contributed by atoms with E-state index in [-0.39, 0.29) is 6.03 Å². The lowest BCUT2D eigenvalue weighted by Crippen LogP contribution is -2.49. The minimum absolute atomic E-state index is 0.0580. The zero-order chi connectivity index (χ0) is 14.1. The molecule has 3 rings (SSSR count). The van der Waals surface area contributed by atoms with Gasteiger partial charge in [-0.2, -0.15) is 0 Å². The minimum Gasteiger partial charge on any atom is -0.319 e. The van der Waals surface area contributed by atoms with Gasteiger partial charge in [-0.15, -0.1) is 0 Å². The summed E-state index contributed by atoms with van der Waals surface area (Å²) in [4.78, 5) is 14.5. The second-order valence-electron chi connectivity index (χ2n) is 6.30. The number of carbonyl (C=O) groups is 1. The Hall–Kier alpha value is -1.51. The van der Waals surface area contributed by atoms with E-state index in [1.807, 2.05) is 11.0 Å². The van der Waals surface area contributed by atoms with Gasteiger partial charge in [0.15, 0.2) is 0 Å². The number of urea groups is 1. The number of nitrogens with zero attached hydrogens (tertiary/aromatic N) is 1. The van der Waals surface area contributed by atoms with Crippen LogP contribution in [-0.4, -0.2) is 23.0 Å². The first-order valence-corrected chi connectivity index (χ1v) is 7.86. The van der Waals surface area contributed by atoms with Crippen LogP contribution in [0.5, 0.6) is 0 Å². The topological polar surface area (TPSA) is 32.3 Å². The molecule has 1 heterocycles. The molecule has 1 N–H and O–H groups in total. The van der Waals surface area contributed by atoms with Crippen molar-refractivity contribution in [2.75, 3.05) is 5.32 Å². The molecule has 1 fully saturated rings. The van der Waals surface area contributed by atoms with E-state index in [1.165, 1.54) is 30.4 Å².